The molecule has 5 nitrogen and oxygen atoms in total. The number of nitrogen functional groups attached to an aromatic ring is 2. The van der Waals surface area contributed by atoms with E-state index >= 15 is 0 Å². The first-order valence-electron chi connectivity index (χ1n) is 2.66. The molecule has 0 aliphatic rings. The predicted octanol–water partition coefficient (Wildman–Crippen LogP) is -0.350. The van der Waals surface area contributed by atoms with E-state index in [4.69, 9.17) is 16.2 Å². The number of anilines is 2. The first-order valence-corrected chi connectivity index (χ1v) is 2.66. The van der Waals surface area contributed by atoms with Crippen molar-refractivity contribution in [3.63, 3.8) is 0 Å². The minimum atomic E-state index is 0.151. The van der Waals surface area contributed by atoms with Gasteiger partial charge in [0.1, 0.15) is 0 Å². The highest BCUT2D eigenvalue weighted by atomic mass is 16.5. The van der Waals surface area contributed by atoms with Gasteiger partial charge in [0.2, 0.25) is 5.95 Å². The zero-order valence-electron chi connectivity index (χ0n) is 5.53. The maximum atomic E-state index is 5.38. The van der Waals surface area contributed by atoms with Gasteiger partial charge in [-0.15, -0.1) is 0 Å². The summed E-state index contributed by atoms with van der Waals surface area (Å²) in [7, 11) is 1.49. The molecule has 0 saturated heterocycles. The summed E-state index contributed by atoms with van der Waals surface area (Å²) in [6.45, 7) is 0. The van der Waals surface area contributed by atoms with Gasteiger partial charge in [-0.05, 0) is 0 Å². The van der Waals surface area contributed by atoms with Gasteiger partial charge in [-0.2, -0.15) is 4.98 Å². The van der Waals surface area contributed by atoms with Crippen molar-refractivity contribution in [3.05, 3.63) is 6.20 Å². The zero-order valence-corrected chi connectivity index (χ0v) is 5.53. The second kappa shape index (κ2) is 2.38. The van der Waals surface area contributed by atoms with Crippen molar-refractivity contribution >= 4 is 11.8 Å². The monoisotopic (exact) mass is 140 g/mol. The molecule has 4 N–H and O–H groups in total. The third kappa shape index (κ3) is 1.07. The number of ether oxygens (including phenoxy) is 1. The molecule has 5 heteroatoms. The van der Waals surface area contributed by atoms with Gasteiger partial charge in [-0.3, -0.25) is 0 Å². The van der Waals surface area contributed by atoms with Crippen molar-refractivity contribution in [1.82, 2.24) is 9.97 Å². The van der Waals surface area contributed by atoms with Crippen molar-refractivity contribution in [3.8, 4) is 5.75 Å². The molecule has 0 atom stereocenters. The topological polar surface area (TPSA) is 87.0 Å². The Hall–Kier alpha value is -1.52. The predicted molar refractivity (Wildman–Crippen MR) is 37.4 cm³/mol. The molecule has 0 bridgehead atoms. The second-order valence-electron chi connectivity index (χ2n) is 1.68. The molecule has 0 radical (unpaired) electrons. The minimum absolute atomic E-state index is 0.151. The molecular weight excluding hydrogens is 132 g/mol. The Balaban J connectivity index is 3.07. The van der Waals surface area contributed by atoms with Crippen molar-refractivity contribution in [2.45, 2.75) is 0 Å². The molecule has 1 aromatic rings. The third-order valence-corrected chi connectivity index (χ3v) is 1.02. The van der Waals surface area contributed by atoms with Crippen LogP contribution in [0.3, 0.4) is 0 Å². The summed E-state index contributed by atoms with van der Waals surface area (Å²) in [6, 6.07) is 0. The molecule has 1 heterocycles. The van der Waals surface area contributed by atoms with E-state index in [1.54, 1.807) is 0 Å². The standard InChI is InChI=1S/C5H8N4O/c1-10-3-2-8-5(7)9-4(3)6/h2H,1H3,(H4,6,7,8,9). The average molecular weight is 140 g/mol. The van der Waals surface area contributed by atoms with Gasteiger partial charge in [0.25, 0.3) is 0 Å². The van der Waals surface area contributed by atoms with Gasteiger partial charge in [0, 0.05) is 0 Å². The Morgan fingerprint density at radius 3 is 2.70 bits per heavy atom. The molecule has 0 aliphatic heterocycles. The molecular formula is C5H8N4O. The number of nitrogens with zero attached hydrogens (tertiary/aromatic N) is 2. The minimum Gasteiger partial charge on any atom is -0.491 e. The van der Waals surface area contributed by atoms with Crippen LogP contribution in [0.4, 0.5) is 11.8 Å². The zero-order chi connectivity index (χ0) is 7.56. The molecule has 0 fully saturated rings. The molecule has 1 aromatic heterocycles. The molecule has 54 valence electrons. The summed E-state index contributed by atoms with van der Waals surface area (Å²) in [5.74, 6) is 0.850. The Kier molecular flexibility index (Phi) is 1.57. The number of nitrogens with two attached hydrogens (primary N) is 2. The quantitative estimate of drug-likeness (QED) is 0.556. The fourth-order valence-corrected chi connectivity index (χ4v) is 0.556. The summed E-state index contributed by atoms with van der Waals surface area (Å²) in [6.07, 6.45) is 1.43. The van der Waals surface area contributed by atoms with Crippen LogP contribution < -0.4 is 16.2 Å². The lowest BCUT2D eigenvalue weighted by Gasteiger charge is -2.00. The average Bonchev–Trinajstić information content (AvgIpc) is 1.88. The Bertz CT molecular complexity index is 237. The molecule has 0 spiro atoms. The first-order chi connectivity index (χ1) is 4.74. The van der Waals surface area contributed by atoms with Crippen molar-refractivity contribution in [2.24, 2.45) is 0 Å². The van der Waals surface area contributed by atoms with Crippen LogP contribution in [0, 0.1) is 0 Å². The lowest BCUT2D eigenvalue weighted by Crippen LogP contribution is -2.01. The molecule has 10 heavy (non-hydrogen) atoms. The van der Waals surface area contributed by atoms with E-state index < -0.39 is 0 Å². The van der Waals surface area contributed by atoms with Crippen molar-refractivity contribution in [1.29, 1.82) is 0 Å². The highest BCUT2D eigenvalue weighted by molar-refractivity contribution is 5.46. The summed E-state index contributed by atoms with van der Waals surface area (Å²) in [4.78, 5) is 7.34. The Labute approximate surface area is 58.0 Å². The molecule has 0 aliphatic carbocycles. The summed E-state index contributed by atoms with van der Waals surface area (Å²) < 4.78 is 4.79. The van der Waals surface area contributed by atoms with Crippen LogP contribution in [0.1, 0.15) is 0 Å². The van der Waals surface area contributed by atoms with E-state index in [0.717, 1.165) is 0 Å². The van der Waals surface area contributed by atoms with Gasteiger partial charge < -0.3 is 16.2 Å². The van der Waals surface area contributed by atoms with Gasteiger partial charge in [0.15, 0.2) is 11.6 Å². The summed E-state index contributed by atoms with van der Waals surface area (Å²) in [5.41, 5.74) is 10.6. The number of aromatic nitrogens is 2. The molecule has 0 unspecified atom stereocenters. The number of rotatable bonds is 1. The fraction of sp³-hybridized carbons (Fsp3) is 0.200. The smallest absolute Gasteiger partial charge is 0.222 e. The number of methoxy groups -OCH3 is 1. The maximum absolute atomic E-state index is 5.38. The van der Waals surface area contributed by atoms with E-state index in [2.05, 4.69) is 9.97 Å². The van der Waals surface area contributed by atoms with Crippen LogP contribution in [-0.4, -0.2) is 17.1 Å². The van der Waals surface area contributed by atoms with Crippen LogP contribution in [0.2, 0.25) is 0 Å². The largest absolute Gasteiger partial charge is 0.491 e. The van der Waals surface area contributed by atoms with E-state index in [1.807, 2.05) is 0 Å². The van der Waals surface area contributed by atoms with E-state index in [1.165, 1.54) is 13.3 Å². The van der Waals surface area contributed by atoms with Gasteiger partial charge >= 0.3 is 0 Å². The van der Waals surface area contributed by atoms with E-state index in [-0.39, 0.29) is 11.8 Å². The number of hydrogen-bond donors (Lipinski definition) is 2. The molecule has 1 rings (SSSR count). The van der Waals surface area contributed by atoms with E-state index in [0.29, 0.717) is 5.75 Å². The first kappa shape index (κ1) is 6.60. The van der Waals surface area contributed by atoms with Crippen LogP contribution >= 0.6 is 0 Å². The summed E-state index contributed by atoms with van der Waals surface area (Å²) in [5, 5.41) is 0. The van der Waals surface area contributed by atoms with Gasteiger partial charge in [-0.1, -0.05) is 0 Å². The summed E-state index contributed by atoms with van der Waals surface area (Å²) >= 11 is 0. The van der Waals surface area contributed by atoms with Crippen LogP contribution in [0.5, 0.6) is 5.75 Å². The SMILES string of the molecule is COc1cnc(N)nc1N. The van der Waals surface area contributed by atoms with Gasteiger partial charge in [-0.25, -0.2) is 4.98 Å². The molecule has 0 aromatic carbocycles. The van der Waals surface area contributed by atoms with Crippen LogP contribution in [0.15, 0.2) is 6.20 Å². The molecule has 0 saturated carbocycles. The van der Waals surface area contributed by atoms with Crippen molar-refractivity contribution < 1.29 is 4.74 Å². The lowest BCUT2D eigenvalue weighted by molar-refractivity contribution is 0.413. The highest BCUT2D eigenvalue weighted by Gasteiger charge is 1.99. The lowest BCUT2D eigenvalue weighted by atomic mass is 10.5. The Morgan fingerprint density at radius 2 is 2.20 bits per heavy atom. The molecule has 0 amide bonds. The number of hydrogen-bond acceptors (Lipinski definition) is 5. The third-order valence-electron chi connectivity index (χ3n) is 1.02. The fourth-order valence-electron chi connectivity index (χ4n) is 0.556. The second-order valence-corrected chi connectivity index (χ2v) is 1.68. The maximum Gasteiger partial charge on any atom is 0.222 e. The highest BCUT2D eigenvalue weighted by Crippen LogP contribution is 2.15. The van der Waals surface area contributed by atoms with Crippen molar-refractivity contribution in [2.75, 3.05) is 18.6 Å². The Morgan fingerprint density at radius 1 is 1.50 bits per heavy atom. The van der Waals surface area contributed by atoms with Crippen LogP contribution in [-0.2, 0) is 0 Å². The van der Waals surface area contributed by atoms with E-state index in [9.17, 15) is 0 Å². The normalized spacial score (nSPS) is 9.30. The van der Waals surface area contributed by atoms with Crippen LogP contribution in [0.25, 0.3) is 0 Å². The van der Waals surface area contributed by atoms with Gasteiger partial charge in [0.05, 0.1) is 13.3 Å².